The van der Waals surface area contributed by atoms with E-state index in [9.17, 15) is 14.4 Å². The van der Waals surface area contributed by atoms with Crippen LogP contribution in [0.25, 0.3) is 0 Å². The molecule has 0 aliphatic heterocycles. The molecule has 0 heterocycles. The van der Waals surface area contributed by atoms with E-state index in [1.165, 1.54) is 11.8 Å². The molecule has 0 aromatic heterocycles. The van der Waals surface area contributed by atoms with Crippen molar-refractivity contribution in [2.24, 2.45) is 0 Å². The van der Waals surface area contributed by atoms with E-state index in [-0.39, 0.29) is 36.9 Å². The number of hydrogen-bond donors (Lipinski definition) is 3. The van der Waals surface area contributed by atoms with E-state index < -0.39 is 0 Å². The van der Waals surface area contributed by atoms with Gasteiger partial charge in [-0.05, 0) is 38.1 Å². The molecule has 1 rings (SSSR count). The van der Waals surface area contributed by atoms with E-state index in [0.717, 1.165) is 5.69 Å². The molecule has 126 valence electrons. The SMILES string of the molecule is CC(=O)N(C)c1ccc(NC(=O)NCCC(=O)NC(C)C)cc1. The van der Waals surface area contributed by atoms with Gasteiger partial charge in [0.15, 0.2) is 0 Å². The predicted molar refractivity (Wildman–Crippen MR) is 90.4 cm³/mol. The Balaban J connectivity index is 2.40. The summed E-state index contributed by atoms with van der Waals surface area (Å²) in [5.41, 5.74) is 1.35. The lowest BCUT2D eigenvalue weighted by molar-refractivity contribution is -0.121. The Morgan fingerprint density at radius 1 is 1.13 bits per heavy atom. The largest absolute Gasteiger partial charge is 0.354 e. The molecule has 1 aromatic rings. The highest BCUT2D eigenvalue weighted by Crippen LogP contribution is 2.16. The molecule has 3 N–H and O–H groups in total. The van der Waals surface area contributed by atoms with Gasteiger partial charge in [0.05, 0.1) is 0 Å². The van der Waals surface area contributed by atoms with Gasteiger partial charge < -0.3 is 20.9 Å². The Kier molecular flexibility index (Phi) is 7.05. The average Bonchev–Trinajstić information content (AvgIpc) is 2.46. The Bertz CT molecular complexity index is 555. The molecule has 0 unspecified atom stereocenters. The Morgan fingerprint density at radius 2 is 1.74 bits per heavy atom. The van der Waals surface area contributed by atoms with Crippen LogP contribution in [0.5, 0.6) is 0 Å². The molecule has 4 amide bonds. The van der Waals surface area contributed by atoms with Gasteiger partial charge in [0.2, 0.25) is 11.8 Å². The number of amides is 4. The fraction of sp³-hybridized carbons (Fsp3) is 0.438. The zero-order valence-electron chi connectivity index (χ0n) is 14.0. The van der Waals surface area contributed by atoms with E-state index >= 15 is 0 Å². The normalized spacial score (nSPS) is 10.1. The summed E-state index contributed by atoms with van der Waals surface area (Å²) in [5, 5.41) is 8.03. The highest BCUT2D eigenvalue weighted by atomic mass is 16.2. The van der Waals surface area contributed by atoms with Gasteiger partial charge in [-0.1, -0.05) is 0 Å². The molecule has 7 nitrogen and oxygen atoms in total. The van der Waals surface area contributed by atoms with Crippen LogP contribution < -0.4 is 20.9 Å². The van der Waals surface area contributed by atoms with Crippen LogP contribution in [0.3, 0.4) is 0 Å². The summed E-state index contributed by atoms with van der Waals surface area (Å²) < 4.78 is 0. The third kappa shape index (κ3) is 6.82. The highest BCUT2D eigenvalue weighted by molar-refractivity contribution is 5.92. The van der Waals surface area contributed by atoms with Crippen LogP contribution >= 0.6 is 0 Å². The summed E-state index contributed by atoms with van der Waals surface area (Å²) in [6.07, 6.45) is 0.230. The average molecular weight is 320 g/mol. The smallest absolute Gasteiger partial charge is 0.319 e. The summed E-state index contributed by atoms with van der Waals surface area (Å²) >= 11 is 0. The summed E-state index contributed by atoms with van der Waals surface area (Å²) in [4.78, 5) is 35.9. The second-order valence-electron chi connectivity index (χ2n) is 5.48. The van der Waals surface area contributed by atoms with Crippen molar-refractivity contribution in [3.8, 4) is 0 Å². The lowest BCUT2D eigenvalue weighted by Gasteiger charge is -2.15. The van der Waals surface area contributed by atoms with Crippen LogP contribution in [-0.2, 0) is 9.59 Å². The number of nitrogens with one attached hydrogen (secondary N) is 3. The van der Waals surface area contributed by atoms with E-state index in [4.69, 9.17) is 0 Å². The molecular formula is C16H24N4O3. The first-order valence-corrected chi connectivity index (χ1v) is 7.48. The molecule has 0 spiro atoms. The molecule has 23 heavy (non-hydrogen) atoms. The summed E-state index contributed by atoms with van der Waals surface area (Å²) in [6.45, 7) is 5.50. The van der Waals surface area contributed by atoms with Crippen molar-refractivity contribution in [3.63, 3.8) is 0 Å². The first-order chi connectivity index (χ1) is 10.8. The standard InChI is InChI=1S/C16H24N4O3/c1-11(2)18-15(22)9-10-17-16(23)19-13-5-7-14(8-6-13)20(4)12(3)21/h5-8,11H,9-10H2,1-4H3,(H,18,22)(H2,17,19,23). The molecule has 0 saturated carbocycles. The van der Waals surface area contributed by atoms with Crippen molar-refractivity contribution in [2.45, 2.75) is 33.2 Å². The van der Waals surface area contributed by atoms with Crippen molar-refractivity contribution in [1.29, 1.82) is 0 Å². The number of anilines is 2. The minimum absolute atomic E-state index is 0.0665. The molecule has 1 aromatic carbocycles. The van der Waals surface area contributed by atoms with E-state index in [1.54, 1.807) is 31.3 Å². The zero-order chi connectivity index (χ0) is 17.4. The zero-order valence-corrected chi connectivity index (χ0v) is 14.0. The van der Waals surface area contributed by atoms with Gasteiger partial charge in [0.25, 0.3) is 0 Å². The van der Waals surface area contributed by atoms with Gasteiger partial charge >= 0.3 is 6.03 Å². The van der Waals surface area contributed by atoms with Gasteiger partial charge in [-0.3, -0.25) is 9.59 Å². The van der Waals surface area contributed by atoms with Crippen LogP contribution in [0, 0.1) is 0 Å². The van der Waals surface area contributed by atoms with Gasteiger partial charge in [-0.2, -0.15) is 0 Å². The van der Waals surface area contributed by atoms with Crippen molar-refractivity contribution < 1.29 is 14.4 Å². The number of rotatable bonds is 6. The van der Waals surface area contributed by atoms with Crippen LogP contribution in [0.2, 0.25) is 0 Å². The fourth-order valence-corrected chi connectivity index (χ4v) is 1.81. The Hall–Kier alpha value is -2.57. The summed E-state index contributed by atoms with van der Waals surface area (Å²) in [7, 11) is 1.68. The molecule has 0 fully saturated rings. The van der Waals surface area contributed by atoms with Gasteiger partial charge in [0.1, 0.15) is 0 Å². The number of nitrogens with zero attached hydrogens (tertiary/aromatic N) is 1. The van der Waals surface area contributed by atoms with Crippen LogP contribution in [0.15, 0.2) is 24.3 Å². The molecule has 0 radical (unpaired) electrons. The second kappa shape index (κ2) is 8.77. The molecule has 7 heteroatoms. The first-order valence-electron chi connectivity index (χ1n) is 7.48. The van der Waals surface area contributed by atoms with Gasteiger partial charge in [0, 0.05) is 44.4 Å². The van der Waals surface area contributed by atoms with Crippen LogP contribution in [0.1, 0.15) is 27.2 Å². The van der Waals surface area contributed by atoms with Crippen molar-refractivity contribution >= 4 is 29.2 Å². The number of carbonyl (C=O) groups is 3. The van der Waals surface area contributed by atoms with Crippen molar-refractivity contribution in [1.82, 2.24) is 10.6 Å². The number of urea groups is 1. The van der Waals surface area contributed by atoms with Crippen molar-refractivity contribution in [2.75, 3.05) is 23.8 Å². The van der Waals surface area contributed by atoms with Crippen LogP contribution in [0.4, 0.5) is 16.2 Å². The fourth-order valence-electron chi connectivity index (χ4n) is 1.81. The highest BCUT2D eigenvalue weighted by Gasteiger charge is 2.07. The monoisotopic (exact) mass is 320 g/mol. The van der Waals surface area contributed by atoms with Gasteiger partial charge in [-0.15, -0.1) is 0 Å². The van der Waals surface area contributed by atoms with Gasteiger partial charge in [-0.25, -0.2) is 4.79 Å². The minimum Gasteiger partial charge on any atom is -0.354 e. The van der Waals surface area contributed by atoms with E-state index in [0.29, 0.717) is 5.69 Å². The molecule has 0 aliphatic rings. The lowest BCUT2D eigenvalue weighted by atomic mass is 10.2. The molecular weight excluding hydrogens is 296 g/mol. The number of hydrogen-bond acceptors (Lipinski definition) is 3. The predicted octanol–water partition coefficient (Wildman–Crippen LogP) is 1.71. The first kappa shape index (κ1) is 18.5. The molecule has 0 aliphatic carbocycles. The summed E-state index contributed by atoms with van der Waals surface area (Å²) in [5.74, 6) is -0.167. The Morgan fingerprint density at radius 3 is 2.26 bits per heavy atom. The summed E-state index contributed by atoms with van der Waals surface area (Å²) in [6, 6.07) is 6.61. The number of carbonyl (C=O) groups excluding carboxylic acids is 3. The quantitative estimate of drug-likeness (QED) is 0.745. The van der Waals surface area contributed by atoms with Crippen molar-refractivity contribution in [3.05, 3.63) is 24.3 Å². The maximum atomic E-state index is 11.7. The third-order valence-electron chi connectivity index (χ3n) is 3.07. The molecule has 0 bridgehead atoms. The second-order valence-corrected chi connectivity index (χ2v) is 5.48. The maximum absolute atomic E-state index is 11.7. The Labute approximate surface area is 136 Å². The maximum Gasteiger partial charge on any atom is 0.319 e. The number of benzene rings is 1. The van der Waals surface area contributed by atoms with E-state index in [2.05, 4.69) is 16.0 Å². The van der Waals surface area contributed by atoms with E-state index in [1.807, 2.05) is 13.8 Å². The minimum atomic E-state index is -0.380. The topological polar surface area (TPSA) is 90.5 Å². The lowest BCUT2D eigenvalue weighted by Crippen LogP contribution is -2.35. The molecule has 0 saturated heterocycles. The molecule has 0 atom stereocenters. The van der Waals surface area contributed by atoms with Crippen LogP contribution in [-0.4, -0.2) is 37.5 Å². The third-order valence-corrected chi connectivity index (χ3v) is 3.07.